The lowest BCUT2D eigenvalue weighted by molar-refractivity contribution is -0.140. The minimum Gasteiger partial charge on any atom is -0.469 e. The van der Waals surface area contributed by atoms with E-state index in [1.54, 1.807) is 0 Å². The minimum atomic E-state index is -0.343. The normalized spacial score (nSPS) is 11.5. The van der Waals surface area contributed by atoms with E-state index in [1.165, 1.54) is 7.11 Å². The fourth-order valence-corrected chi connectivity index (χ4v) is 0.698. The van der Waals surface area contributed by atoms with Crippen molar-refractivity contribution in [2.24, 2.45) is 5.73 Å². The molecule has 5 heteroatoms. The average Bonchev–Trinajstić information content (AvgIpc) is 1.87. The van der Waals surface area contributed by atoms with Gasteiger partial charge in [0.05, 0.1) is 12.6 Å². The number of halogens is 2. The molecular formula is C6H13Cl2NO2. The molecule has 11 heavy (non-hydrogen) atoms. The van der Waals surface area contributed by atoms with Crippen LogP contribution in [0.4, 0.5) is 0 Å². The predicted molar refractivity (Wildman–Crippen MR) is 46.9 cm³/mol. The molecule has 0 aromatic heterocycles. The highest BCUT2D eigenvalue weighted by Crippen LogP contribution is 2.02. The standard InChI is InChI=1S/C6H12ClNO2.ClH/c1-10-6(9)4-2-3-5(7)8;/h5H,2-4,8H2,1H3;1H. The van der Waals surface area contributed by atoms with Crippen LogP contribution in [0.2, 0.25) is 0 Å². The van der Waals surface area contributed by atoms with Crippen molar-refractivity contribution in [3.63, 3.8) is 0 Å². The van der Waals surface area contributed by atoms with Crippen molar-refractivity contribution < 1.29 is 9.53 Å². The van der Waals surface area contributed by atoms with Gasteiger partial charge in [-0.1, -0.05) is 0 Å². The third-order valence-corrected chi connectivity index (χ3v) is 1.31. The quantitative estimate of drug-likeness (QED) is 0.424. The summed E-state index contributed by atoms with van der Waals surface area (Å²) in [7, 11) is 1.36. The van der Waals surface area contributed by atoms with E-state index in [0.29, 0.717) is 19.3 Å². The molecule has 2 N–H and O–H groups in total. The fourth-order valence-electron chi connectivity index (χ4n) is 0.543. The number of carbonyl (C=O) groups excluding carboxylic acids is 1. The van der Waals surface area contributed by atoms with Crippen LogP contribution in [0.25, 0.3) is 0 Å². The number of esters is 1. The summed E-state index contributed by atoms with van der Waals surface area (Å²) < 4.78 is 4.41. The molecule has 0 aliphatic heterocycles. The molecule has 0 aromatic rings. The Morgan fingerprint density at radius 2 is 2.27 bits per heavy atom. The van der Waals surface area contributed by atoms with E-state index in [0.717, 1.165) is 0 Å². The van der Waals surface area contributed by atoms with Gasteiger partial charge in [0.15, 0.2) is 0 Å². The second-order valence-corrected chi connectivity index (χ2v) is 2.54. The first kappa shape index (κ1) is 13.6. The number of methoxy groups -OCH3 is 1. The maximum Gasteiger partial charge on any atom is 0.305 e. The zero-order valence-electron chi connectivity index (χ0n) is 6.38. The number of hydrogen-bond acceptors (Lipinski definition) is 3. The van der Waals surface area contributed by atoms with E-state index in [-0.39, 0.29) is 23.9 Å². The first-order valence-electron chi connectivity index (χ1n) is 3.13. The van der Waals surface area contributed by atoms with Gasteiger partial charge in [-0.25, -0.2) is 0 Å². The number of rotatable bonds is 4. The Bertz CT molecular complexity index is 109. The van der Waals surface area contributed by atoms with Gasteiger partial charge in [0.25, 0.3) is 0 Å². The van der Waals surface area contributed by atoms with E-state index in [9.17, 15) is 4.79 Å². The van der Waals surface area contributed by atoms with Crippen LogP contribution >= 0.6 is 24.0 Å². The monoisotopic (exact) mass is 201 g/mol. The van der Waals surface area contributed by atoms with E-state index in [1.807, 2.05) is 0 Å². The van der Waals surface area contributed by atoms with Gasteiger partial charge in [0.2, 0.25) is 0 Å². The molecule has 3 nitrogen and oxygen atoms in total. The molecule has 68 valence electrons. The van der Waals surface area contributed by atoms with Crippen LogP contribution in [0.1, 0.15) is 19.3 Å². The number of ether oxygens (including phenoxy) is 1. The molecular weight excluding hydrogens is 189 g/mol. The summed E-state index contributed by atoms with van der Waals surface area (Å²) in [4.78, 5) is 10.5. The molecule has 0 radical (unpaired) electrons. The molecule has 0 aliphatic carbocycles. The van der Waals surface area contributed by atoms with Crippen LogP contribution in [0.5, 0.6) is 0 Å². The summed E-state index contributed by atoms with van der Waals surface area (Å²) in [6, 6.07) is 0. The third-order valence-electron chi connectivity index (χ3n) is 1.09. The van der Waals surface area contributed by atoms with Crippen LogP contribution in [-0.2, 0) is 9.53 Å². The number of nitrogens with two attached hydrogens (primary N) is 1. The molecule has 0 saturated carbocycles. The Hall–Kier alpha value is 0.01000. The van der Waals surface area contributed by atoms with Crippen LogP contribution in [0.3, 0.4) is 0 Å². The number of alkyl halides is 1. The van der Waals surface area contributed by atoms with Gasteiger partial charge >= 0.3 is 5.97 Å². The third kappa shape index (κ3) is 10.0. The molecule has 0 rings (SSSR count). The summed E-state index contributed by atoms with van der Waals surface area (Å²) in [5, 5.41) is 0. The van der Waals surface area contributed by atoms with Crippen LogP contribution in [0, 0.1) is 0 Å². The van der Waals surface area contributed by atoms with Crippen molar-refractivity contribution in [2.45, 2.75) is 24.8 Å². The first-order chi connectivity index (χ1) is 4.66. The zero-order chi connectivity index (χ0) is 7.98. The second-order valence-electron chi connectivity index (χ2n) is 1.98. The molecule has 0 aliphatic rings. The highest BCUT2D eigenvalue weighted by Gasteiger charge is 2.01. The fraction of sp³-hybridized carbons (Fsp3) is 0.833. The average molecular weight is 202 g/mol. The van der Waals surface area contributed by atoms with Crippen molar-refractivity contribution in [2.75, 3.05) is 7.11 Å². The van der Waals surface area contributed by atoms with Gasteiger partial charge in [0, 0.05) is 6.42 Å². The van der Waals surface area contributed by atoms with Gasteiger partial charge in [-0.2, -0.15) is 0 Å². The lowest BCUT2D eigenvalue weighted by Gasteiger charge is -2.00. The molecule has 1 atom stereocenters. The Morgan fingerprint density at radius 1 is 1.73 bits per heavy atom. The van der Waals surface area contributed by atoms with E-state index in [4.69, 9.17) is 17.3 Å². The predicted octanol–water partition coefficient (Wildman–Crippen LogP) is 1.28. The molecule has 0 spiro atoms. The zero-order valence-corrected chi connectivity index (χ0v) is 7.95. The highest BCUT2D eigenvalue weighted by molar-refractivity contribution is 6.20. The molecule has 0 bridgehead atoms. The van der Waals surface area contributed by atoms with Crippen molar-refractivity contribution in [1.29, 1.82) is 0 Å². The van der Waals surface area contributed by atoms with Crippen LogP contribution < -0.4 is 5.73 Å². The highest BCUT2D eigenvalue weighted by atomic mass is 35.5. The SMILES string of the molecule is COC(=O)CCCC(N)Cl.Cl. The van der Waals surface area contributed by atoms with Gasteiger partial charge in [-0.15, -0.1) is 24.0 Å². The Balaban J connectivity index is 0. The molecule has 0 heterocycles. The van der Waals surface area contributed by atoms with Crippen LogP contribution in [-0.4, -0.2) is 18.6 Å². The molecule has 0 aromatic carbocycles. The number of carbonyl (C=O) groups is 1. The smallest absolute Gasteiger partial charge is 0.305 e. The molecule has 1 unspecified atom stereocenters. The lowest BCUT2D eigenvalue weighted by Crippen LogP contribution is -2.12. The Labute approximate surface area is 77.6 Å². The maximum atomic E-state index is 10.5. The largest absolute Gasteiger partial charge is 0.469 e. The lowest BCUT2D eigenvalue weighted by atomic mass is 10.2. The van der Waals surface area contributed by atoms with Crippen molar-refractivity contribution >= 4 is 30.0 Å². The van der Waals surface area contributed by atoms with Gasteiger partial charge in [0.1, 0.15) is 0 Å². The summed E-state index contributed by atoms with van der Waals surface area (Å²) in [5.74, 6) is -0.211. The van der Waals surface area contributed by atoms with Gasteiger partial charge in [-0.3, -0.25) is 4.79 Å². The second kappa shape index (κ2) is 8.11. The molecule has 0 saturated heterocycles. The summed E-state index contributed by atoms with van der Waals surface area (Å²) in [6.07, 6.45) is 1.74. The van der Waals surface area contributed by atoms with E-state index in [2.05, 4.69) is 4.74 Å². The van der Waals surface area contributed by atoms with Crippen molar-refractivity contribution in [3.05, 3.63) is 0 Å². The van der Waals surface area contributed by atoms with Crippen molar-refractivity contribution in [1.82, 2.24) is 0 Å². The first-order valence-corrected chi connectivity index (χ1v) is 3.57. The Kier molecular flexibility index (Phi) is 10.0. The topological polar surface area (TPSA) is 52.3 Å². The Morgan fingerprint density at radius 3 is 2.64 bits per heavy atom. The number of hydrogen-bond donors (Lipinski definition) is 1. The minimum absolute atomic E-state index is 0. The molecule has 0 amide bonds. The maximum absolute atomic E-state index is 10.5. The van der Waals surface area contributed by atoms with Gasteiger partial charge in [-0.05, 0) is 12.8 Å². The van der Waals surface area contributed by atoms with Crippen LogP contribution in [0.15, 0.2) is 0 Å². The van der Waals surface area contributed by atoms with E-state index >= 15 is 0 Å². The summed E-state index contributed by atoms with van der Waals surface area (Å²) in [5.41, 5.74) is 4.89. The van der Waals surface area contributed by atoms with Gasteiger partial charge < -0.3 is 10.5 Å². The summed E-state index contributed by atoms with van der Waals surface area (Å²) in [6.45, 7) is 0. The summed E-state index contributed by atoms with van der Waals surface area (Å²) >= 11 is 5.43. The molecule has 0 fully saturated rings. The van der Waals surface area contributed by atoms with E-state index < -0.39 is 0 Å². The van der Waals surface area contributed by atoms with Crippen molar-refractivity contribution in [3.8, 4) is 0 Å².